The van der Waals surface area contributed by atoms with Crippen LogP contribution in [0.25, 0.3) is 0 Å². The number of sulfonamides is 1. The number of carbonyl (C=O) groups excluding carboxylic acids is 1. The molecule has 1 unspecified atom stereocenters. The van der Waals surface area contributed by atoms with Crippen LogP contribution in [0.15, 0.2) is 17.2 Å². The number of nitrogens with two attached hydrogens (primary N) is 1. The van der Waals surface area contributed by atoms with E-state index in [0.29, 0.717) is 31.2 Å². The summed E-state index contributed by atoms with van der Waals surface area (Å²) in [5.41, 5.74) is 5.77. The van der Waals surface area contributed by atoms with Gasteiger partial charge in [-0.05, 0) is 44.6 Å². The van der Waals surface area contributed by atoms with Crippen molar-refractivity contribution in [1.29, 1.82) is 0 Å². The van der Waals surface area contributed by atoms with Crippen LogP contribution in [0.4, 0.5) is 0 Å². The second-order valence-corrected chi connectivity index (χ2v) is 9.42. The number of nitrogens with one attached hydrogen (secondary N) is 1. The first-order valence-corrected chi connectivity index (χ1v) is 10.4. The van der Waals surface area contributed by atoms with E-state index in [1.54, 1.807) is 11.6 Å². The first-order chi connectivity index (χ1) is 11.8. The molecule has 7 nitrogen and oxygen atoms in total. The number of hydrogen-bond donors (Lipinski definition) is 2. The van der Waals surface area contributed by atoms with Crippen molar-refractivity contribution < 1.29 is 13.2 Å². The summed E-state index contributed by atoms with van der Waals surface area (Å²) >= 11 is 0. The van der Waals surface area contributed by atoms with Gasteiger partial charge in [-0.1, -0.05) is 6.42 Å². The number of nitrogens with zero attached hydrogens (tertiary/aromatic N) is 2. The molecule has 1 aliphatic carbocycles. The summed E-state index contributed by atoms with van der Waals surface area (Å²) in [6.07, 6.45) is 6.49. The largest absolute Gasteiger partial charge is 0.345 e. The lowest BCUT2D eigenvalue weighted by molar-refractivity contribution is 0.0889. The van der Waals surface area contributed by atoms with Gasteiger partial charge in [0.25, 0.3) is 5.91 Å². The van der Waals surface area contributed by atoms with E-state index in [1.165, 1.54) is 16.6 Å². The van der Waals surface area contributed by atoms with Crippen molar-refractivity contribution in [3.63, 3.8) is 0 Å². The van der Waals surface area contributed by atoms with Crippen LogP contribution < -0.4 is 11.1 Å². The SMILES string of the molecule is Cn1cc(S(=O)(=O)N2CCCCC2)cc1C(=O)NC(C)(CN)C1CC1. The Kier molecular flexibility index (Phi) is 4.96. The summed E-state index contributed by atoms with van der Waals surface area (Å²) in [4.78, 5) is 12.9. The molecule has 1 atom stereocenters. The molecule has 3 N–H and O–H groups in total. The van der Waals surface area contributed by atoms with E-state index >= 15 is 0 Å². The van der Waals surface area contributed by atoms with Crippen molar-refractivity contribution in [2.45, 2.75) is 49.5 Å². The second kappa shape index (κ2) is 6.74. The molecule has 1 saturated carbocycles. The van der Waals surface area contributed by atoms with Crippen LogP contribution in [0.2, 0.25) is 0 Å². The Morgan fingerprint density at radius 1 is 1.32 bits per heavy atom. The number of amides is 1. The highest BCUT2D eigenvalue weighted by molar-refractivity contribution is 7.89. The number of aryl methyl sites for hydroxylation is 1. The number of rotatable bonds is 6. The Morgan fingerprint density at radius 2 is 1.96 bits per heavy atom. The molecule has 0 aromatic carbocycles. The third kappa shape index (κ3) is 3.61. The van der Waals surface area contributed by atoms with Crippen LogP contribution in [0, 0.1) is 5.92 Å². The maximum atomic E-state index is 12.8. The standard InChI is InChI=1S/C17H28N4O3S/c1-17(12-18,13-6-7-13)19-16(22)15-10-14(11-20(15)2)25(23,24)21-8-4-3-5-9-21/h10-11,13H,3-9,12,18H2,1-2H3,(H,19,22). The molecule has 25 heavy (non-hydrogen) atoms. The molecule has 2 aliphatic rings. The molecule has 1 aromatic heterocycles. The molecule has 1 amide bonds. The van der Waals surface area contributed by atoms with E-state index in [1.807, 2.05) is 6.92 Å². The van der Waals surface area contributed by atoms with E-state index < -0.39 is 15.6 Å². The summed E-state index contributed by atoms with van der Waals surface area (Å²) < 4.78 is 28.7. The summed E-state index contributed by atoms with van der Waals surface area (Å²) in [5, 5.41) is 3.01. The molecule has 1 aliphatic heterocycles. The first kappa shape index (κ1) is 18.4. The highest BCUT2D eigenvalue weighted by atomic mass is 32.2. The minimum absolute atomic E-state index is 0.183. The molecule has 0 bridgehead atoms. The zero-order valence-electron chi connectivity index (χ0n) is 15.0. The maximum Gasteiger partial charge on any atom is 0.268 e. The van der Waals surface area contributed by atoms with Gasteiger partial charge in [0.2, 0.25) is 10.0 Å². The Bertz CT molecular complexity index is 748. The highest BCUT2D eigenvalue weighted by Crippen LogP contribution is 2.39. The lowest BCUT2D eigenvalue weighted by Crippen LogP contribution is -2.53. The van der Waals surface area contributed by atoms with Crippen LogP contribution >= 0.6 is 0 Å². The van der Waals surface area contributed by atoms with Crippen molar-refractivity contribution in [3.8, 4) is 0 Å². The van der Waals surface area contributed by atoms with Crippen LogP contribution in [0.5, 0.6) is 0 Å². The average Bonchev–Trinajstić information content (AvgIpc) is 3.38. The smallest absolute Gasteiger partial charge is 0.268 e. The van der Waals surface area contributed by atoms with Gasteiger partial charge in [-0.3, -0.25) is 4.79 Å². The van der Waals surface area contributed by atoms with Crippen LogP contribution in [0.1, 0.15) is 49.5 Å². The van der Waals surface area contributed by atoms with E-state index in [9.17, 15) is 13.2 Å². The van der Waals surface area contributed by atoms with Crippen LogP contribution in [0.3, 0.4) is 0 Å². The summed E-state index contributed by atoms with van der Waals surface area (Å²) in [5.74, 6) is 0.126. The molecule has 3 rings (SSSR count). The quantitative estimate of drug-likeness (QED) is 0.784. The maximum absolute atomic E-state index is 12.8. The molecule has 2 fully saturated rings. The van der Waals surface area contributed by atoms with Crippen molar-refractivity contribution in [2.75, 3.05) is 19.6 Å². The molecule has 0 spiro atoms. The van der Waals surface area contributed by atoms with Gasteiger partial charge in [0.15, 0.2) is 0 Å². The molecule has 140 valence electrons. The van der Waals surface area contributed by atoms with Crippen LogP contribution in [-0.2, 0) is 17.1 Å². The molecular weight excluding hydrogens is 340 g/mol. The zero-order chi connectivity index (χ0) is 18.2. The first-order valence-electron chi connectivity index (χ1n) is 8.97. The van der Waals surface area contributed by atoms with Crippen molar-refractivity contribution in [3.05, 3.63) is 18.0 Å². The Morgan fingerprint density at radius 3 is 2.52 bits per heavy atom. The lowest BCUT2D eigenvalue weighted by Gasteiger charge is -2.29. The number of piperidine rings is 1. The topological polar surface area (TPSA) is 97.4 Å². The molecule has 0 radical (unpaired) electrons. The van der Waals surface area contributed by atoms with E-state index in [-0.39, 0.29) is 10.8 Å². The number of hydrogen-bond acceptors (Lipinski definition) is 4. The van der Waals surface area contributed by atoms with E-state index in [0.717, 1.165) is 32.1 Å². The fraction of sp³-hybridized carbons (Fsp3) is 0.706. The average molecular weight is 369 g/mol. The van der Waals surface area contributed by atoms with E-state index in [2.05, 4.69) is 5.32 Å². The fourth-order valence-corrected chi connectivity index (χ4v) is 5.11. The number of aromatic nitrogens is 1. The van der Waals surface area contributed by atoms with Crippen molar-refractivity contribution in [2.24, 2.45) is 18.7 Å². The summed E-state index contributed by atoms with van der Waals surface area (Å²) in [7, 11) is -1.85. The van der Waals surface area contributed by atoms with Crippen molar-refractivity contribution >= 4 is 15.9 Å². The molecule has 8 heteroatoms. The Labute approximate surface area is 149 Å². The minimum atomic E-state index is -3.54. The molecule has 2 heterocycles. The van der Waals surface area contributed by atoms with Gasteiger partial charge >= 0.3 is 0 Å². The number of carbonyl (C=O) groups is 1. The normalized spacial score (nSPS) is 21.7. The van der Waals surface area contributed by atoms with Crippen LogP contribution in [-0.4, -0.2) is 48.4 Å². The van der Waals surface area contributed by atoms with Gasteiger partial charge < -0.3 is 15.6 Å². The van der Waals surface area contributed by atoms with Gasteiger partial charge in [-0.2, -0.15) is 4.31 Å². The van der Waals surface area contributed by atoms with Gasteiger partial charge in [-0.15, -0.1) is 0 Å². The Balaban J connectivity index is 1.81. The second-order valence-electron chi connectivity index (χ2n) is 7.49. The third-order valence-corrected chi connectivity index (χ3v) is 7.33. The molecule has 1 saturated heterocycles. The predicted molar refractivity (Wildman–Crippen MR) is 95.7 cm³/mol. The Hall–Kier alpha value is -1.38. The van der Waals surface area contributed by atoms with Gasteiger partial charge in [0, 0.05) is 32.9 Å². The molecule has 1 aromatic rings. The fourth-order valence-electron chi connectivity index (χ4n) is 3.52. The zero-order valence-corrected chi connectivity index (χ0v) is 15.8. The van der Waals surface area contributed by atoms with Gasteiger partial charge in [0.1, 0.15) is 10.6 Å². The summed E-state index contributed by atoms with van der Waals surface area (Å²) in [6.45, 7) is 3.42. The third-order valence-electron chi connectivity index (χ3n) is 5.47. The monoisotopic (exact) mass is 368 g/mol. The minimum Gasteiger partial charge on any atom is -0.345 e. The molecular formula is C17H28N4O3S. The highest BCUT2D eigenvalue weighted by Gasteiger charge is 2.42. The lowest BCUT2D eigenvalue weighted by atomic mass is 9.96. The van der Waals surface area contributed by atoms with Gasteiger partial charge in [0.05, 0.1) is 5.54 Å². The van der Waals surface area contributed by atoms with E-state index in [4.69, 9.17) is 5.73 Å². The predicted octanol–water partition coefficient (Wildman–Crippen LogP) is 1.06. The van der Waals surface area contributed by atoms with Crippen molar-refractivity contribution in [1.82, 2.24) is 14.2 Å². The van der Waals surface area contributed by atoms with Gasteiger partial charge in [-0.25, -0.2) is 8.42 Å². The summed E-state index contributed by atoms with van der Waals surface area (Å²) in [6, 6.07) is 1.48.